The molecule has 2 aliphatic heterocycles. The molecule has 1 unspecified atom stereocenters. The molecule has 0 saturated carbocycles. The Labute approximate surface area is 161 Å². The summed E-state index contributed by atoms with van der Waals surface area (Å²) < 4.78 is 17.3. The maximum atomic E-state index is 13.1. The van der Waals surface area contributed by atoms with Gasteiger partial charge >= 0.3 is 0 Å². The van der Waals surface area contributed by atoms with Crippen LogP contribution in [0.3, 0.4) is 0 Å². The minimum absolute atomic E-state index is 0.0101. The number of morpholine rings is 1. The Morgan fingerprint density at radius 3 is 2.93 bits per heavy atom. The highest BCUT2D eigenvalue weighted by molar-refractivity contribution is 5.94. The van der Waals surface area contributed by atoms with Crippen LogP contribution in [0.15, 0.2) is 35.9 Å². The molecule has 0 bridgehead atoms. The largest absolute Gasteiger partial charge is 0.497 e. The molecule has 6 heteroatoms. The highest BCUT2D eigenvalue weighted by Crippen LogP contribution is 2.25. The molecule has 0 N–H and O–H groups in total. The highest BCUT2D eigenvalue weighted by atomic mass is 16.5. The molecular formula is C21H30N2O4. The Balaban J connectivity index is 1.75. The van der Waals surface area contributed by atoms with Gasteiger partial charge in [-0.3, -0.25) is 9.69 Å². The number of hydrogen-bond donors (Lipinski definition) is 0. The molecule has 1 aromatic rings. The summed E-state index contributed by atoms with van der Waals surface area (Å²) in [6.07, 6.45) is 2.14. The molecule has 0 aliphatic carbocycles. The third-order valence-electron chi connectivity index (χ3n) is 5.25. The monoisotopic (exact) mass is 374 g/mol. The van der Waals surface area contributed by atoms with Crippen LogP contribution in [-0.2, 0) is 9.47 Å². The summed E-state index contributed by atoms with van der Waals surface area (Å²) in [5, 5.41) is 0. The highest BCUT2D eigenvalue weighted by Gasteiger charge is 2.41. The lowest BCUT2D eigenvalue weighted by Gasteiger charge is -2.43. The predicted octanol–water partition coefficient (Wildman–Crippen LogP) is 2.20. The fourth-order valence-corrected chi connectivity index (χ4v) is 3.70. The maximum absolute atomic E-state index is 13.1. The third-order valence-corrected chi connectivity index (χ3v) is 5.25. The molecule has 2 fully saturated rings. The standard InChI is InChI=1S/C21H30N2O4/c1-4-17(2)13-22-8-11-27-21(14-22)15-23(9-10-26-16-21)20(24)18-6-5-7-19(12-18)25-3/h4-7,12H,8-11,13-16H2,1-3H3. The molecule has 2 heterocycles. The molecule has 1 spiro atoms. The number of hydrogen-bond acceptors (Lipinski definition) is 5. The SMILES string of the molecule is CC=C(C)CN1CCOC2(COCCN(C(=O)c3cccc(OC)c3)C2)C1. The Morgan fingerprint density at radius 2 is 2.15 bits per heavy atom. The normalized spacial score (nSPS) is 24.7. The fraction of sp³-hybridized carbons (Fsp3) is 0.571. The molecule has 1 aromatic carbocycles. The molecule has 6 nitrogen and oxygen atoms in total. The molecule has 0 aromatic heterocycles. The number of methoxy groups -OCH3 is 1. The van der Waals surface area contributed by atoms with Crippen LogP contribution in [-0.4, -0.2) is 81.0 Å². The topological polar surface area (TPSA) is 51.2 Å². The van der Waals surface area contributed by atoms with Crippen molar-refractivity contribution in [3.05, 3.63) is 41.5 Å². The molecule has 0 radical (unpaired) electrons. The first kappa shape index (κ1) is 19.9. The van der Waals surface area contributed by atoms with Crippen molar-refractivity contribution in [2.75, 3.05) is 59.7 Å². The molecule has 3 rings (SSSR count). The van der Waals surface area contributed by atoms with E-state index in [2.05, 4.69) is 24.8 Å². The Hall–Kier alpha value is -1.89. The number of benzene rings is 1. The first-order valence-corrected chi connectivity index (χ1v) is 9.54. The first-order chi connectivity index (χ1) is 13.0. The Morgan fingerprint density at radius 1 is 1.30 bits per heavy atom. The van der Waals surface area contributed by atoms with Crippen molar-refractivity contribution in [3.63, 3.8) is 0 Å². The number of ether oxygens (including phenoxy) is 3. The van der Waals surface area contributed by atoms with Gasteiger partial charge in [-0.05, 0) is 32.0 Å². The van der Waals surface area contributed by atoms with Gasteiger partial charge < -0.3 is 19.1 Å². The van der Waals surface area contributed by atoms with E-state index in [1.54, 1.807) is 13.2 Å². The second kappa shape index (κ2) is 8.87. The average molecular weight is 374 g/mol. The van der Waals surface area contributed by atoms with E-state index in [0.717, 1.165) is 19.6 Å². The Kier molecular flexibility index (Phi) is 6.52. The van der Waals surface area contributed by atoms with Crippen LogP contribution in [0.4, 0.5) is 0 Å². The van der Waals surface area contributed by atoms with Gasteiger partial charge in [0, 0.05) is 31.7 Å². The number of amides is 1. The number of rotatable bonds is 4. The van der Waals surface area contributed by atoms with Crippen LogP contribution >= 0.6 is 0 Å². The van der Waals surface area contributed by atoms with Crippen LogP contribution in [0.2, 0.25) is 0 Å². The van der Waals surface area contributed by atoms with E-state index in [0.29, 0.717) is 44.2 Å². The van der Waals surface area contributed by atoms with Gasteiger partial charge in [-0.15, -0.1) is 0 Å². The quantitative estimate of drug-likeness (QED) is 0.757. The zero-order valence-electron chi connectivity index (χ0n) is 16.6. The van der Waals surface area contributed by atoms with Crippen LogP contribution in [0.1, 0.15) is 24.2 Å². The lowest BCUT2D eigenvalue weighted by molar-refractivity contribution is -0.137. The van der Waals surface area contributed by atoms with Gasteiger partial charge in [0.2, 0.25) is 0 Å². The van der Waals surface area contributed by atoms with Crippen molar-refractivity contribution in [3.8, 4) is 5.75 Å². The van der Waals surface area contributed by atoms with Crippen molar-refractivity contribution >= 4 is 5.91 Å². The molecule has 148 valence electrons. The maximum Gasteiger partial charge on any atom is 0.254 e. The molecule has 2 aliphatic rings. The van der Waals surface area contributed by atoms with Gasteiger partial charge in [0.05, 0.1) is 33.5 Å². The van der Waals surface area contributed by atoms with Gasteiger partial charge in [-0.1, -0.05) is 17.7 Å². The zero-order chi connectivity index (χ0) is 19.3. The second-order valence-corrected chi connectivity index (χ2v) is 7.39. The van der Waals surface area contributed by atoms with E-state index in [-0.39, 0.29) is 5.91 Å². The molecule has 27 heavy (non-hydrogen) atoms. The predicted molar refractivity (Wildman–Crippen MR) is 104 cm³/mol. The van der Waals surface area contributed by atoms with Gasteiger partial charge in [0.25, 0.3) is 5.91 Å². The van der Waals surface area contributed by atoms with Crippen LogP contribution in [0.25, 0.3) is 0 Å². The van der Waals surface area contributed by atoms with Crippen molar-refractivity contribution in [1.82, 2.24) is 9.80 Å². The number of carbonyl (C=O) groups is 1. The van der Waals surface area contributed by atoms with Gasteiger partial charge in [0.15, 0.2) is 0 Å². The summed E-state index contributed by atoms with van der Waals surface area (Å²) in [5.74, 6) is 0.674. The van der Waals surface area contributed by atoms with Crippen molar-refractivity contribution in [2.45, 2.75) is 19.4 Å². The third kappa shape index (κ3) is 4.89. The first-order valence-electron chi connectivity index (χ1n) is 9.54. The number of allylic oxidation sites excluding steroid dienone is 1. The summed E-state index contributed by atoms with van der Waals surface area (Å²) in [5.41, 5.74) is 1.49. The summed E-state index contributed by atoms with van der Waals surface area (Å²) in [7, 11) is 1.61. The average Bonchev–Trinajstić information content (AvgIpc) is 2.89. The van der Waals surface area contributed by atoms with E-state index in [1.165, 1.54) is 5.57 Å². The summed E-state index contributed by atoms with van der Waals surface area (Å²) in [6.45, 7) is 9.58. The summed E-state index contributed by atoms with van der Waals surface area (Å²) in [6, 6.07) is 7.29. The number of nitrogens with zero attached hydrogens (tertiary/aromatic N) is 2. The van der Waals surface area contributed by atoms with Crippen LogP contribution < -0.4 is 4.74 Å². The molecule has 2 saturated heterocycles. The van der Waals surface area contributed by atoms with E-state index >= 15 is 0 Å². The van der Waals surface area contributed by atoms with Crippen LogP contribution in [0, 0.1) is 0 Å². The lowest BCUT2D eigenvalue weighted by atomic mass is 10.0. The number of carbonyl (C=O) groups excluding carboxylic acids is 1. The zero-order valence-corrected chi connectivity index (χ0v) is 16.6. The van der Waals surface area contributed by atoms with Gasteiger partial charge in [-0.2, -0.15) is 0 Å². The van der Waals surface area contributed by atoms with E-state index in [4.69, 9.17) is 14.2 Å². The lowest BCUT2D eigenvalue weighted by Crippen LogP contribution is -2.59. The van der Waals surface area contributed by atoms with E-state index < -0.39 is 5.60 Å². The second-order valence-electron chi connectivity index (χ2n) is 7.39. The summed E-state index contributed by atoms with van der Waals surface area (Å²) >= 11 is 0. The molecular weight excluding hydrogens is 344 g/mol. The van der Waals surface area contributed by atoms with E-state index in [9.17, 15) is 4.79 Å². The van der Waals surface area contributed by atoms with E-state index in [1.807, 2.05) is 23.1 Å². The minimum atomic E-state index is -0.475. The molecule has 1 atom stereocenters. The molecule has 1 amide bonds. The van der Waals surface area contributed by atoms with Crippen molar-refractivity contribution < 1.29 is 19.0 Å². The van der Waals surface area contributed by atoms with Crippen molar-refractivity contribution in [2.24, 2.45) is 0 Å². The minimum Gasteiger partial charge on any atom is -0.497 e. The van der Waals surface area contributed by atoms with Crippen molar-refractivity contribution in [1.29, 1.82) is 0 Å². The Bertz CT molecular complexity index is 691. The summed E-state index contributed by atoms with van der Waals surface area (Å²) in [4.78, 5) is 17.3. The van der Waals surface area contributed by atoms with Gasteiger partial charge in [0.1, 0.15) is 11.4 Å². The smallest absolute Gasteiger partial charge is 0.254 e. The van der Waals surface area contributed by atoms with Gasteiger partial charge in [-0.25, -0.2) is 0 Å². The van der Waals surface area contributed by atoms with Crippen LogP contribution in [0.5, 0.6) is 5.75 Å². The fourth-order valence-electron chi connectivity index (χ4n) is 3.70.